The molecular weight excluding hydrogens is 244 g/mol. The second-order valence-electron chi connectivity index (χ2n) is 4.36. The highest BCUT2D eigenvalue weighted by Gasteiger charge is 2.24. The maximum Gasteiger partial charge on any atom is 0.253 e. The van der Waals surface area contributed by atoms with Gasteiger partial charge in [0.1, 0.15) is 11.8 Å². The second-order valence-corrected chi connectivity index (χ2v) is 4.36. The Kier molecular flexibility index (Phi) is 3.24. The average Bonchev–Trinajstić information content (AvgIpc) is 3.11. The quantitative estimate of drug-likeness (QED) is 0.876. The smallest absolute Gasteiger partial charge is 0.253 e. The van der Waals surface area contributed by atoms with Crippen LogP contribution in [-0.2, 0) is 9.53 Å². The Morgan fingerprint density at radius 3 is 3.16 bits per heavy atom. The average molecular weight is 258 g/mol. The van der Waals surface area contributed by atoms with E-state index in [1.807, 2.05) is 18.2 Å². The molecule has 19 heavy (non-hydrogen) atoms. The standard InChI is InChI=1S/C13H14N4O2/c18-13(11-5-3-7-19-11)16-10-8-15-17-12(10)9-4-1-2-6-14-9/h1-2,4,6,8,11H,3,5,7H2,(H,15,17)(H,16,18). The van der Waals surface area contributed by atoms with Crippen LogP contribution in [0.15, 0.2) is 30.6 Å². The molecule has 1 atom stereocenters. The Labute approximate surface area is 110 Å². The van der Waals surface area contributed by atoms with E-state index in [4.69, 9.17) is 4.74 Å². The topological polar surface area (TPSA) is 79.9 Å². The van der Waals surface area contributed by atoms with Gasteiger partial charge in [-0.25, -0.2) is 0 Å². The lowest BCUT2D eigenvalue weighted by Crippen LogP contribution is -2.26. The van der Waals surface area contributed by atoms with E-state index in [1.165, 1.54) is 0 Å². The number of hydrogen-bond donors (Lipinski definition) is 2. The molecular formula is C13H14N4O2. The molecule has 1 amide bonds. The molecule has 1 fully saturated rings. The summed E-state index contributed by atoms with van der Waals surface area (Å²) in [6.07, 6.45) is 4.62. The van der Waals surface area contributed by atoms with Gasteiger partial charge < -0.3 is 10.1 Å². The minimum atomic E-state index is -0.355. The number of anilines is 1. The van der Waals surface area contributed by atoms with Crippen molar-refractivity contribution in [3.05, 3.63) is 30.6 Å². The van der Waals surface area contributed by atoms with Gasteiger partial charge in [-0.3, -0.25) is 14.9 Å². The third kappa shape index (κ3) is 2.48. The van der Waals surface area contributed by atoms with Crippen molar-refractivity contribution < 1.29 is 9.53 Å². The van der Waals surface area contributed by atoms with E-state index in [2.05, 4.69) is 20.5 Å². The Bertz CT molecular complexity index is 561. The monoisotopic (exact) mass is 258 g/mol. The molecule has 0 saturated carbocycles. The van der Waals surface area contributed by atoms with Crippen LogP contribution in [0.5, 0.6) is 0 Å². The molecule has 2 N–H and O–H groups in total. The van der Waals surface area contributed by atoms with Crippen LogP contribution in [0.4, 0.5) is 5.69 Å². The van der Waals surface area contributed by atoms with Crippen LogP contribution in [0.2, 0.25) is 0 Å². The van der Waals surface area contributed by atoms with Gasteiger partial charge in [-0.2, -0.15) is 5.10 Å². The summed E-state index contributed by atoms with van der Waals surface area (Å²) >= 11 is 0. The summed E-state index contributed by atoms with van der Waals surface area (Å²) in [6, 6.07) is 5.58. The minimum Gasteiger partial charge on any atom is -0.368 e. The van der Waals surface area contributed by atoms with Crippen molar-refractivity contribution in [2.24, 2.45) is 0 Å². The van der Waals surface area contributed by atoms with E-state index in [0.717, 1.165) is 18.5 Å². The molecule has 0 radical (unpaired) electrons. The highest BCUT2D eigenvalue weighted by atomic mass is 16.5. The number of H-pyrrole nitrogens is 1. The van der Waals surface area contributed by atoms with E-state index in [1.54, 1.807) is 12.4 Å². The molecule has 6 nitrogen and oxygen atoms in total. The van der Waals surface area contributed by atoms with Crippen molar-refractivity contribution in [3.8, 4) is 11.4 Å². The van der Waals surface area contributed by atoms with E-state index in [0.29, 0.717) is 18.0 Å². The number of aromatic nitrogens is 3. The summed E-state index contributed by atoms with van der Waals surface area (Å²) in [5, 5.41) is 9.64. The van der Waals surface area contributed by atoms with Gasteiger partial charge in [0.05, 0.1) is 17.6 Å². The highest BCUT2D eigenvalue weighted by Crippen LogP contribution is 2.24. The maximum absolute atomic E-state index is 12.0. The number of carbonyl (C=O) groups excluding carboxylic acids is 1. The lowest BCUT2D eigenvalue weighted by Gasteiger charge is -2.10. The molecule has 0 aliphatic carbocycles. The summed E-state index contributed by atoms with van der Waals surface area (Å²) in [5.74, 6) is -0.129. The van der Waals surface area contributed by atoms with Gasteiger partial charge in [-0.05, 0) is 25.0 Å². The third-order valence-corrected chi connectivity index (χ3v) is 3.04. The van der Waals surface area contributed by atoms with Crippen molar-refractivity contribution in [1.29, 1.82) is 0 Å². The predicted molar refractivity (Wildman–Crippen MR) is 69.4 cm³/mol. The molecule has 1 aliphatic rings. The molecule has 98 valence electrons. The minimum absolute atomic E-state index is 0.129. The van der Waals surface area contributed by atoms with E-state index in [9.17, 15) is 4.79 Å². The van der Waals surface area contributed by atoms with Crippen LogP contribution in [-0.4, -0.2) is 33.8 Å². The van der Waals surface area contributed by atoms with Crippen molar-refractivity contribution in [1.82, 2.24) is 15.2 Å². The zero-order chi connectivity index (χ0) is 13.1. The van der Waals surface area contributed by atoms with Gasteiger partial charge in [0.15, 0.2) is 0 Å². The molecule has 2 aromatic rings. The molecule has 0 spiro atoms. The number of nitrogens with zero attached hydrogens (tertiary/aromatic N) is 2. The van der Waals surface area contributed by atoms with Crippen molar-refractivity contribution in [3.63, 3.8) is 0 Å². The van der Waals surface area contributed by atoms with Crippen LogP contribution < -0.4 is 5.32 Å². The second kappa shape index (κ2) is 5.19. The molecule has 3 heterocycles. The number of hydrogen-bond acceptors (Lipinski definition) is 4. The summed E-state index contributed by atoms with van der Waals surface area (Å²) in [7, 11) is 0. The van der Waals surface area contributed by atoms with Crippen molar-refractivity contribution in [2.75, 3.05) is 11.9 Å². The summed E-state index contributed by atoms with van der Waals surface area (Å²) in [4.78, 5) is 16.2. The molecule has 1 saturated heterocycles. The number of carbonyl (C=O) groups is 1. The molecule has 6 heteroatoms. The Morgan fingerprint density at radius 1 is 1.47 bits per heavy atom. The molecule has 0 bridgehead atoms. The van der Waals surface area contributed by atoms with Gasteiger partial charge in [0.25, 0.3) is 5.91 Å². The van der Waals surface area contributed by atoms with E-state index in [-0.39, 0.29) is 12.0 Å². The first kappa shape index (κ1) is 11.9. The number of rotatable bonds is 3. The SMILES string of the molecule is O=C(Nc1cn[nH]c1-c1ccccn1)C1CCCO1. The third-order valence-electron chi connectivity index (χ3n) is 3.04. The number of nitrogens with one attached hydrogen (secondary N) is 2. The molecule has 1 unspecified atom stereocenters. The zero-order valence-corrected chi connectivity index (χ0v) is 10.3. The largest absolute Gasteiger partial charge is 0.368 e. The van der Waals surface area contributed by atoms with Gasteiger partial charge in [0, 0.05) is 12.8 Å². The Hall–Kier alpha value is -2.21. The van der Waals surface area contributed by atoms with Crippen LogP contribution in [0.25, 0.3) is 11.4 Å². The van der Waals surface area contributed by atoms with Crippen LogP contribution in [0.3, 0.4) is 0 Å². The Morgan fingerprint density at radius 2 is 2.42 bits per heavy atom. The lowest BCUT2D eigenvalue weighted by molar-refractivity contribution is -0.124. The predicted octanol–water partition coefficient (Wildman–Crippen LogP) is 1.59. The number of ether oxygens (including phenoxy) is 1. The maximum atomic E-state index is 12.0. The van der Waals surface area contributed by atoms with Gasteiger partial charge >= 0.3 is 0 Å². The van der Waals surface area contributed by atoms with E-state index >= 15 is 0 Å². The summed E-state index contributed by atoms with van der Waals surface area (Å²) in [5.41, 5.74) is 2.06. The number of amides is 1. The normalized spacial score (nSPS) is 18.4. The number of pyridine rings is 1. The van der Waals surface area contributed by atoms with E-state index < -0.39 is 0 Å². The molecule has 0 aromatic carbocycles. The summed E-state index contributed by atoms with van der Waals surface area (Å²) < 4.78 is 5.35. The van der Waals surface area contributed by atoms with Crippen LogP contribution >= 0.6 is 0 Å². The fourth-order valence-corrected chi connectivity index (χ4v) is 2.08. The first-order chi connectivity index (χ1) is 9.34. The van der Waals surface area contributed by atoms with Gasteiger partial charge in [-0.1, -0.05) is 6.07 Å². The van der Waals surface area contributed by atoms with Crippen molar-refractivity contribution >= 4 is 11.6 Å². The molecule has 2 aromatic heterocycles. The first-order valence-electron chi connectivity index (χ1n) is 6.22. The fourth-order valence-electron chi connectivity index (χ4n) is 2.08. The van der Waals surface area contributed by atoms with Crippen LogP contribution in [0.1, 0.15) is 12.8 Å². The highest BCUT2D eigenvalue weighted by molar-refractivity contribution is 5.97. The summed E-state index contributed by atoms with van der Waals surface area (Å²) in [6.45, 7) is 0.649. The van der Waals surface area contributed by atoms with Gasteiger partial charge in [0.2, 0.25) is 0 Å². The lowest BCUT2D eigenvalue weighted by atomic mass is 10.2. The zero-order valence-electron chi connectivity index (χ0n) is 10.3. The number of aromatic amines is 1. The van der Waals surface area contributed by atoms with Crippen LogP contribution in [0, 0.1) is 0 Å². The van der Waals surface area contributed by atoms with Gasteiger partial charge in [-0.15, -0.1) is 0 Å². The molecule has 3 rings (SSSR count). The van der Waals surface area contributed by atoms with Crippen molar-refractivity contribution in [2.45, 2.75) is 18.9 Å². The fraction of sp³-hybridized carbons (Fsp3) is 0.308. The Balaban J connectivity index is 1.79. The molecule has 1 aliphatic heterocycles. The first-order valence-corrected chi connectivity index (χ1v) is 6.22.